The van der Waals surface area contributed by atoms with Crippen LogP contribution in [0.2, 0.25) is 0 Å². The maximum absolute atomic E-state index is 13.8. The first-order chi connectivity index (χ1) is 9.16. The molecule has 0 aliphatic heterocycles. The van der Waals surface area contributed by atoms with Crippen LogP contribution in [-0.2, 0) is 0 Å². The smallest absolute Gasteiger partial charge is 0.133 e. The Morgan fingerprint density at radius 3 is 2.21 bits per heavy atom. The lowest BCUT2D eigenvalue weighted by atomic mass is 10.0. The van der Waals surface area contributed by atoms with Gasteiger partial charge in [-0.1, -0.05) is 30.3 Å². The van der Waals surface area contributed by atoms with Gasteiger partial charge < -0.3 is 0 Å². The lowest BCUT2D eigenvalue weighted by molar-refractivity contribution is 0.589. The highest BCUT2D eigenvalue weighted by Crippen LogP contribution is 2.32. The Morgan fingerprint density at radius 1 is 0.789 bits per heavy atom. The normalized spacial score (nSPS) is 10.9. The summed E-state index contributed by atoms with van der Waals surface area (Å²) in [5.41, 5.74) is 0.489. The van der Waals surface area contributed by atoms with Crippen LogP contribution in [0.5, 0.6) is 0 Å². The first-order valence-corrected chi connectivity index (χ1v) is 6.27. The third-order valence-corrected chi connectivity index (χ3v) is 3.46. The molecule has 0 spiro atoms. The first kappa shape index (κ1) is 12.2. The monoisotopic (exact) mass is 272 g/mol. The lowest BCUT2D eigenvalue weighted by Crippen LogP contribution is -1.90. The van der Waals surface area contributed by atoms with Crippen LogP contribution < -0.4 is 0 Å². The molecule has 0 atom stereocenters. The molecule has 3 rings (SSSR count). The van der Waals surface area contributed by atoms with Crippen molar-refractivity contribution in [2.45, 2.75) is 4.90 Å². The second-order valence-electron chi connectivity index (χ2n) is 4.31. The van der Waals surface area contributed by atoms with E-state index in [1.807, 2.05) is 24.3 Å². The minimum absolute atomic E-state index is 0.0106. The molecule has 0 radical (unpaired) electrons. The van der Waals surface area contributed by atoms with E-state index in [4.69, 9.17) is 0 Å². The predicted molar refractivity (Wildman–Crippen MR) is 76.6 cm³/mol. The van der Waals surface area contributed by atoms with Crippen molar-refractivity contribution in [1.82, 2.24) is 0 Å². The number of rotatable bonds is 1. The molecule has 0 aliphatic carbocycles. The molecule has 0 amide bonds. The zero-order chi connectivity index (χ0) is 13.4. The second kappa shape index (κ2) is 4.67. The Balaban J connectivity index is 2.32. The molecule has 0 N–H and O–H groups in total. The van der Waals surface area contributed by atoms with Crippen molar-refractivity contribution in [3.05, 3.63) is 66.2 Å². The Hall–Kier alpha value is -1.87. The molecule has 3 aromatic carbocycles. The zero-order valence-electron chi connectivity index (χ0n) is 9.90. The van der Waals surface area contributed by atoms with Gasteiger partial charge in [0, 0.05) is 4.90 Å². The topological polar surface area (TPSA) is 0 Å². The van der Waals surface area contributed by atoms with Gasteiger partial charge in [-0.15, -0.1) is 12.6 Å². The van der Waals surface area contributed by atoms with Gasteiger partial charge in [-0.2, -0.15) is 0 Å². The summed E-state index contributed by atoms with van der Waals surface area (Å²) in [6, 6.07) is 15.0. The fourth-order valence-electron chi connectivity index (χ4n) is 2.21. The van der Waals surface area contributed by atoms with E-state index >= 15 is 0 Å². The van der Waals surface area contributed by atoms with E-state index < -0.39 is 11.6 Å². The summed E-state index contributed by atoms with van der Waals surface area (Å²) in [6.07, 6.45) is 0. The summed E-state index contributed by atoms with van der Waals surface area (Å²) in [6.45, 7) is 0. The molecule has 0 nitrogen and oxygen atoms in total. The van der Waals surface area contributed by atoms with Gasteiger partial charge in [0.25, 0.3) is 0 Å². The van der Waals surface area contributed by atoms with Crippen LogP contribution in [-0.4, -0.2) is 0 Å². The van der Waals surface area contributed by atoms with Gasteiger partial charge in [-0.25, -0.2) is 8.78 Å². The van der Waals surface area contributed by atoms with Crippen molar-refractivity contribution in [3.63, 3.8) is 0 Å². The third kappa shape index (κ3) is 2.10. The molecule has 94 valence electrons. The highest BCUT2D eigenvalue weighted by molar-refractivity contribution is 7.80. The zero-order valence-corrected chi connectivity index (χ0v) is 10.8. The number of benzene rings is 3. The minimum atomic E-state index is -0.567. The van der Waals surface area contributed by atoms with Crippen molar-refractivity contribution >= 4 is 23.4 Å². The van der Waals surface area contributed by atoms with Crippen LogP contribution in [0.25, 0.3) is 21.9 Å². The molecular weight excluding hydrogens is 262 g/mol. The van der Waals surface area contributed by atoms with E-state index in [0.717, 1.165) is 10.8 Å². The number of fused-ring (bicyclic) bond motifs is 1. The quantitative estimate of drug-likeness (QED) is 0.587. The van der Waals surface area contributed by atoms with E-state index in [0.29, 0.717) is 10.5 Å². The van der Waals surface area contributed by atoms with Crippen LogP contribution in [0.1, 0.15) is 0 Å². The molecule has 0 aromatic heterocycles. The highest BCUT2D eigenvalue weighted by atomic mass is 32.1. The summed E-state index contributed by atoms with van der Waals surface area (Å²) in [4.78, 5) is 0.704. The summed E-state index contributed by atoms with van der Waals surface area (Å²) in [5, 5.41) is 1.87. The maximum atomic E-state index is 13.8. The van der Waals surface area contributed by atoms with E-state index in [2.05, 4.69) is 12.6 Å². The fourth-order valence-corrected chi connectivity index (χ4v) is 2.55. The molecule has 0 saturated carbocycles. The number of hydrogen-bond donors (Lipinski definition) is 1. The summed E-state index contributed by atoms with van der Waals surface area (Å²) in [5.74, 6) is -1.13. The first-order valence-electron chi connectivity index (χ1n) is 5.83. The van der Waals surface area contributed by atoms with Gasteiger partial charge in [0.15, 0.2) is 0 Å². The van der Waals surface area contributed by atoms with E-state index in [9.17, 15) is 8.78 Å². The van der Waals surface area contributed by atoms with E-state index in [1.54, 1.807) is 12.1 Å². The Morgan fingerprint density at radius 2 is 1.47 bits per heavy atom. The molecule has 0 bridgehead atoms. The predicted octanol–water partition coefficient (Wildman–Crippen LogP) is 5.07. The Bertz CT molecular complexity index is 746. The summed E-state index contributed by atoms with van der Waals surface area (Å²) >= 11 is 4.39. The van der Waals surface area contributed by atoms with E-state index in [1.165, 1.54) is 18.2 Å². The number of thiol groups is 1. The van der Waals surface area contributed by atoms with Crippen LogP contribution in [0.3, 0.4) is 0 Å². The van der Waals surface area contributed by atoms with Crippen LogP contribution >= 0.6 is 12.6 Å². The Labute approximate surface area is 115 Å². The molecule has 0 heterocycles. The third-order valence-electron chi connectivity index (χ3n) is 3.09. The molecule has 0 fully saturated rings. The van der Waals surface area contributed by atoms with Crippen molar-refractivity contribution in [2.75, 3.05) is 0 Å². The second-order valence-corrected chi connectivity index (χ2v) is 4.79. The largest absolute Gasteiger partial charge is 0.206 e. The molecular formula is C16H10F2S. The molecule has 19 heavy (non-hydrogen) atoms. The standard InChI is InChI=1S/C16H10F2S/c17-13-6-3-7-14(18)16(13)11-8-10-4-1-2-5-12(10)15(19)9-11/h1-9,19H. The van der Waals surface area contributed by atoms with Crippen molar-refractivity contribution in [1.29, 1.82) is 0 Å². The van der Waals surface area contributed by atoms with Gasteiger partial charge in [-0.05, 0) is 40.6 Å². The van der Waals surface area contributed by atoms with Gasteiger partial charge in [-0.3, -0.25) is 0 Å². The van der Waals surface area contributed by atoms with Crippen LogP contribution in [0.4, 0.5) is 8.78 Å². The van der Waals surface area contributed by atoms with Crippen molar-refractivity contribution in [3.8, 4) is 11.1 Å². The fraction of sp³-hybridized carbons (Fsp3) is 0. The average Bonchev–Trinajstić information content (AvgIpc) is 2.38. The molecule has 0 saturated heterocycles. The number of halogens is 2. The number of hydrogen-bond acceptors (Lipinski definition) is 1. The van der Waals surface area contributed by atoms with Gasteiger partial charge >= 0.3 is 0 Å². The summed E-state index contributed by atoms with van der Waals surface area (Å²) < 4.78 is 27.6. The van der Waals surface area contributed by atoms with Gasteiger partial charge in [0.1, 0.15) is 11.6 Å². The summed E-state index contributed by atoms with van der Waals surface area (Å²) in [7, 11) is 0. The molecule has 0 unspecified atom stereocenters. The SMILES string of the molecule is Fc1cccc(F)c1-c1cc(S)c2ccccc2c1. The molecule has 0 aliphatic rings. The average molecular weight is 272 g/mol. The van der Waals surface area contributed by atoms with Gasteiger partial charge in [0.05, 0.1) is 5.56 Å². The van der Waals surface area contributed by atoms with Gasteiger partial charge in [0.2, 0.25) is 0 Å². The van der Waals surface area contributed by atoms with Crippen molar-refractivity contribution in [2.24, 2.45) is 0 Å². The Kier molecular flexibility index (Phi) is 2.99. The minimum Gasteiger partial charge on any atom is -0.206 e. The molecule has 3 heteroatoms. The van der Waals surface area contributed by atoms with E-state index in [-0.39, 0.29) is 5.56 Å². The van der Waals surface area contributed by atoms with Crippen LogP contribution in [0.15, 0.2) is 59.5 Å². The van der Waals surface area contributed by atoms with Crippen LogP contribution in [0, 0.1) is 11.6 Å². The van der Waals surface area contributed by atoms with Crippen molar-refractivity contribution < 1.29 is 8.78 Å². The highest BCUT2D eigenvalue weighted by Gasteiger charge is 2.12. The lowest BCUT2D eigenvalue weighted by Gasteiger charge is -2.09. The molecule has 3 aromatic rings. The maximum Gasteiger partial charge on any atom is 0.133 e.